The maximum Gasteiger partial charge on any atom is 0.191 e. The van der Waals surface area contributed by atoms with Crippen LogP contribution in [0, 0.1) is 6.92 Å². The number of hydrogen-bond acceptors (Lipinski definition) is 2. The first-order chi connectivity index (χ1) is 10.7. The number of nitrogens with zero attached hydrogens (tertiary/aromatic N) is 1. The minimum atomic E-state index is 0. The zero-order valence-corrected chi connectivity index (χ0v) is 16.3. The second-order valence-corrected chi connectivity index (χ2v) is 5.47. The van der Waals surface area contributed by atoms with Gasteiger partial charge >= 0.3 is 0 Å². The van der Waals surface area contributed by atoms with Crippen molar-refractivity contribution in [2.45, 2.75) is 33.2 Å². The van der Waals surface area contributed by atoms with E-state index in [2.05, 4.69) is 60.7 Å². The lowest BCUT2D eigenvalue weighted by Crippen LogP contribution is -2.39. The summed E-state index contributed by atoms with van der Waals surface area (Å²) in [4.78, 5) is 4.54. The maximum atomic E-state index is 5.31. The van der Waals surface area contributed by atoms with Crippen molar-refractivity contribution in [2.75, 3.05) is 13.1 Å². The number of nitrogens with one attached hydrogen (secondary N) is 2. The Morgan fingerprint density at radius 2 is 1.91 bits per heavy atom. The smallest absolute Gasteiger partial charge is 0.191 e. The van der Waals surface area contributed by atoms with Crippen molar-refractivity contribution in [1.29, 1.82) is 0 Å². The molecule has 126 valence electrons. The SMILES string of the molecule is CCNC(=NCc1ccco1)NCC(C)c1ccc(C)cc1.I. The van der Waals surface area contributed by atoms with E-state index in [4.69, 9.17) is 4.42 Å². The minimum absolute atomic E-state index is 0. The molecule has 0 saturated heterocycles. The highest BCUT2D eigenvalue weighted by atomic mass is 127. The molecule has 0 spiro atoms. The Hall–Kier alpha value is -1.50. The molecule has 1 aromatic carbocycles. The molecule has 1 heterocycles. The van der Waals surface area contributed by atoms with Crippen LogP contribution in [0.15, 0.2) is 52.1 Å². The molecule has 2 rings (SSSR count). The van der Waals surface area contributed by atoms with Crippen LogP contribution >= 0.6 is 24.0 Å². The van der Waals surface area contributed by atoms with Crippen LogP contribution in [-0.4, -0.2) is 19.0 Å². The molecule has 0 radical (unpaired) electrons. The van der Waals surface area contributed by atoms with Gasteiger partial charge in [-0.15, -0.1) is 24.0 Å². The summed E-state index contributed by atoms with van der Waals surface area (Å²) in [6, 6.07) is 12.5. The molecule has 23 heavy (non-hydrogen) atoms. The van der Waals surface area contributed by atoms with Crippen LogP contribution < -0.4 is 10.6 Å². The van der Waals surface area contributed by atoms with Crippen LogP contribution in [0.3, 0.4) is 0 Å². The molecular formula is C18H26IN3O. The van der Waals surface area contributed by atoms with E-state index < -0.39 is 0 Å². The maximum absolute atomic E-state index is 5.31. The van der Waals surface area contributed by atoms with Crippen LogP contribution in [0.5, 0.6) is 0 Å². The lowest BCUT2D eigenvalue weighted by molar-refractivity contribution is 0.511. The fourth-order valence-electron chi connectivity index (χ4n) is 2.16. The lowest BCUT2D eigenvalue weighted by atomic mass is 10.0. The van der Waals surface area contributed by atoms with E-state index in [-0.39, 0.29) is 24.0 Å². The number of guanidine groups is 1. The van der Waals surface area contributed by atoms with Crippen molar-refractivity contribution in [2.24, 2.45) is 4.99 Å². The van der Waals surface area contributed by atoms with E-state index in [9.17, 15) is 0 Å². The van der Waals surface area contributed by atoms with Crippen LogP contribution in [-0.2, 0) is 6.54 Å². The summed E-state index contributed by atoms with van der Waals surface area (Å²) in [5.74, 6) is 2.11. The first-order valence-electron chi connectivity index (χ1n) is 7.80. The molecule has 1 unspecified atom stereocenters. The lowest BCUT2D eigenvalue weighted by Gasteiger charge is -2.16. The number of rotatable bonds is 6. The van der Waals surface area contributed by atoms with E-state index in [0.29, 0.717) is 12.5 Å². The molecule has 5 heteroatoms. The number of aryl methyl sites for hydroxylation is 1. The van der Waals surface area contributed by atoms with Crippen molar-refractivity contribution in [1.82, 2.24) is 10.6 Å². The Bertz CT molecular complexity index is 579. The Kier molecular flexibility index (Phi) is 8.76. The Morgan fingerprint density at radius 3 is 2.52 bits per heavy atom. The highest BCUT2D eigenvalue weighted by Crippen LogP contribution is 2.14. The van der Waals surface area contributed by atoms with Crippen LogP contribution in [0.4, 0.5) is 0 Å². The van der Waals surface area contributed by atoms with E-state index in [0.717, 1.165) is 24.8 Å². The predicted molar refractivity (Wildman–Crippen MR) is 107 cm³/mol. The van der Waals surface area contributed by atoms with Gasteiger partial charge in [-0.2, -0.15) is 0 Å². The highest BCUT2D eigenvalue weighted by molar-refractivity contribution is 14.0. The molecule has 0 fully saturated rings. The van der Waals surface area contributed by atoms with Crippen molar-refractivity contribution < 1.29 is 4.42 Å². The molecule has 0 bridgehead atoms. The van der Waals surface area contributed by atoms with Crippen LogP contribution in [0.1, 0.15) is 36.7 Å². The van der Waals surface area contributed by atoms with Gasteiger partial charge in [-0.25, -0.2) is 4.99 Å². The van der Waals surface area contributed by atoms with Gasteiger partial charge in [0, 0.05) is 13.1 Å². The Labute approximate surface area is 155 Å². The Morgan fingerprint density at radius 1 is 1.17 bits per heavy atom. The van der Waals surface area contributed by atoms with Crippen molar-refractivity contribution >= 4 is 29.9 Å². The standard InChI is InChI=1S/C18H25N3O.HI/c1-4-19-18(21-13-17-6-5-11-22-17)20-12-15(3)16-9-7-14(2)8-10-16;/h5-11,15H,4,12-13H2,1-3H3,(H2,19,20,21);1H. The molecule has 0 aliphatic rings. The molecule has 2 aromatic rings. The second kappa shape index (κ2) is 10.3. The number of furan rings is 1. The van der Waals surface area contributed by atoms with Gasteiger partial charge < -0.3 is 15.1 Å². The van der Waals surface area contributed by atoms with Gasteiger partial charge in [0.05, 0.1) is 6.26 Å². The molecule has 2 N–H and O–H groups in total. The van der Waals surface area contributed by atoms with E-state index >= 15 is 0 Å². The summed E-state index contributed by atoms with van der Waals surface area (Å²) in [5.41, 5.74) is 2.62. The third-order valence-corrected chi connectivity index (χ3v) is 3.54. The van der Waals surface area contributed by atoms with Gasteiger partial charge in [-0.1, -0.05) is 36.8 Å². The summed E-state index contributed by atoms with van der Waals surface area (Å²) < 4.78 is 5.31. The van der Waals surface area contributed by atoms with Gasteiger partial charge in [0.15, 0.2) is 5.96 Å². The highest BCUT2D eigenvalue weighted by Gasteiger charge is 2.06. The third-order valence-electron chi connectivity index (χ3n) is 3.54. The van der Waals surface area contributed by atoms with Gasteiger partial charge in [-0.05, 0) is 37.5 Å². The van der Waals surface area contributed by atoms with Crippen molar-refractivity contribution in [3.63, 3.8) is 0 Å². The molecule has 0 saturated carbocycles. The third kappa shape index (κ3) is 6.64. The molecule has 1 aromatic heterocycles. The van der Waals surface area contributed by atoms with Crippen molar-refractivity contribution in [3.05, 3.63) is 59.5 Å². The summed E-state index contributed by atoms with van der Waals surface area (Å²) in [7, 11) is 0. The summed E-state index contributed by atoms with van der Waals surface area (Å²) >= 11 is 0. The first kappa shape index (κ1) is 19.5. The molecule has 4 nitrogen and oxygen atoms in total. The van der Waals surface area contributed by atoms with E-state index in [1.807, 2.05) is 12.1 Å². The molecule has 1 atom stereocenters. The first-order valence-corrected chi connectivity index (χ1v) is 7.80. The number of aliphatic imine (C=N–C) groups is 1. The van der Waals surface area contributed by atoms with Crippen LogP contribution in [0.2, 0.25) is 0 Å². The fraction of sp³-hybridized carbons (Fsp3) is 0.389. The fourth-order valence-corrected chi connectivity index (χ4v) is 2.16. The summed E-state index contributed by atoms with van der Waals surface area (Å²) in [5, 5.41) is 6.65. The van der Waals surface area contributed by atoms with Crippen LogP contribution in [0.25, 0.3) is 0 Å². The quantitative estimate of drug-likeness (QED) is 0.415. The van der Waals surface area contributed by atoms with Crippen molar-refractivity contribution in [3.8, 4) is 0 Å². The average Bonchev–Trinajstić information content (AvgIpc) is 3.04. The normalized spacial score (nSPS) is 12.4. The second-order valence-electron chi connectivity index (χ2n) is 5.47. The van der Waals surface area contributed by atoms with Gasteiger partial charge in [0.25, 0.3) is 0 Å². The summed E-state index contributed by atoms with van der Waals surface area (Å²) in [6.45, 7) is 8.61. The Balaban J connectivity index is 0.00000264. The minimum Gasteiger partial charge on any atom is -0.467 e. The van der Waals surface area contributed by atoms with Gasteiger partial charge in [0.2, 0.25) is 0 Å². The number of hydrogen-bond donors (Lipinski definition) is 2. The zero-order valence-electron chi connectivity index (χ0n) is 14.0. The van der Waals surface area contributed by atoms with E-state index in [1.54, 1.807) is 6.26 Å². The van der Waals surface area contributed by atoms with Gasteiger partial charge in [-0.3, -0.25) is 0 Å². The predicted octanol–water partition coefficient (Wildman–Crippen LogP) is 4.06. The number of benzene rings is 1. The monoisotopic (exact) mass is 427 g/mol. The van der Waals surface area contributed by atoms with Gasteiger partial charge in [0.1, 0.15) is 12.3 Å². The molecule has 0 amide bonds. The largest absolute Gasteiger partial charge is 0.467 e. The number of halogens is 1. The van der Waals surface area contributed by atoms with E-state index in [1.165, 1.54) is 11.1 Å². The average molecular weight is 427 g/mol. The molecular weight excluding hydrogens is 401 g/mol. The molecule has 0 aliphatic carbocycles. The topological polar surface area (TPSA) is 49.6 Å². The summed E-state index contributed by atoms with van der Waals surface area (Å²) in [6.07, 6.45) is 1.67. The zero-order chi connectivity index (χ0) is 15.8. The molecule has 0 aliphatic heterocycles.